The second-order valence-corrected chi connectivity index (χ2v) is 2.66. The lowest BCUT2D eigenvalue weighted by molar-refractivity contribution is 0.132. The van der Waals surface area contributed by atoms with Gasteiger partial charge in [-0.3, -0.25) is 0 Å². The fourth-order valence-electron chi connectivity index (χ4n) is 0.742. The van der Waals surface area contributed by atoms with Gasteiger partial charge in [0, 0.05) is 6.61 Å². The highest BCUT2D eigenvalue weighted by atomic mass is 35.5. The molecule has 1 aromatic heterocycles. The molecule has 0 saturated heterocycles. The van der Waals surface area contributed by atoms with Gasteiger partial charge >= 0.3 is 0 Å². The van der Waals surface area contributed by atoms with Gasteiger partial charge in [0.1, 0.15) is 0 Å². The summed E-state index contributed by atoms with van der Waals surface area (Å²) in [4.78, 5) is 3.82. The van der Waals surface area contributed by atoms with E-state index in [9.17, 15) is 0 Å². The molecule has 0 fully saturated rings. The molecule has 0 radical (unpaired) electrons. The first kappa shape index (κ1) is 9.48. The summed E-state index contributed by atoms with van der Waals surface area (Å²) in [6, 6.07) is 0. The third-order valence-electron chi connectivity index (χ3n) is 1.25. The minimum atomic E-state index is 0.153. The van der Waals surface area contributed by atoms with Crippen LogP contribution in [-0.2, 0) is 11.2 Å². The predicted octanol–water partition coefficient (Wildman–Crippen LogP) is 1.69. The summed E-state index contributed by atoms with van der Waals surface area (Å²) < 4.78 is 10.00. The number of nitrogens with zero attached hydrogens (tertiary/aromatic N) is 2. The zero-order chi connectivity index (χ0) is 8.81. The number of hydrogen-bond acceptors (Lipinski definition) is 4. The van der Waals surface area contributed by atoms with Crippen molar-refractivity contribution < 1.29 is 9.26 Å². The van der Waals surface area contributed by atoms with E-state index >= 15 is 0 Å². The normalized spacial score (nSPS) is 10.5. The summed E-state index contributed by atoms with van der Waals surface area (Å²) in [6.45, 7) is 3.43. The Hall–Kier alpha value is -0.610. The Labute approximate surface area is 75.9 Å². The average Bonchev–Trinajstić information content (AvgIpc) is 2.45. The Bertz CT molecular complexity index is 227. The Morgan fingerprint density at radius 3 is 2.92 bits per heavy atom. The molecule has 0 aliphatic carbocycles. The van der Waals surface area contributed by atoms with Gasteiger partial charge in [-0.15, -0.1) is 0 Å². The maximum atomic E-state index is 5.44. The highest BCUT2D eigenvalue weighted by Gasteiger charge is 2.02. The van der Waals surface area contributed by atoms with Crippen molar-refractivity contribution in [3.63, 3.8) is 0 Å². The van der Waals surface area contributed by atoms with Crippen molar-refractivity contribution in [3.05, 3.63) is 11.2 Å². The zero-order valence-electron chi connectivity index (χ0n) is 6.92. The number of halogens is 1. The lowest BCUT2D eigenvalue weighted by Crippen LogP contribution is -1.99. The van der Waals surface area contributed by atoms with Crippen molar-refractivity contribution in [2.45, 2.75) is 19.8 Å². The molecule has 0 N–H and O–H groups in total. The molecule has 0 aliphatic rings. The zero-order valence-corrected chi connectivity index (χ0v) is 7.67. The van der Waals surface area contributed by atoms with Crippen LogP contribution in [0.2, 0.25) is 5.28 Å². The number of rotatable bonds is 5. The second kappa shape index (κ2) is 5.11. The van der Waals surface area contributed by atoms with Crippen LogP contribution < -0.4 is 0 Å². The number of ether oxygens (including phenoxy) is 1. The van der Waals surface area contributed by atoms with Crippen molar-refractivity contribution in [3.8, 4) is 0 Å². The first-order valence-corrected chi connectivity index (χ1v) is 4.26. The van der Waals surface area contributed by atoms with Crippen molar-refractivity contribution >= 4 is 11.6 Å². The van der Waals surface area contributed by atoms with E-state index in [2.05, 4.69) is 17.1 Å². The maximum absolute atomic E-state index is 5.44. The molecule has 0 aliphatic heterocycles. The van der Waals surface area contributed by atoms with Gasteiger partial charge in [0.2, 0.25) is 5.89 Å². The SMILES string of the molecule is CCCOCCc1nc(Cl)no1. The summed E-state index contributed by atoms with van der Waals surface area (Å²) in [6.07, 6.45) is 1.64. The molecule has 12 heavy (non-hydrogen) atoms. The van der Waals surface area contributed by atoms with Gasteiger partial charge in [-0.05, 0) is 23.2 Å². The molecule has 1 aromatic rings. The van der Waals surface area contributed by atoms with Gasteiger partial charge in [-0.25, -0.2) is 0 Å². The van der Waals surface area contributed by atoms with Crippen LogP contribution in [0, 0.1) is 0 Å². The first-order chi connectivity index (χ1) is 5.83. The standard InChI is InChI=1S/C7H11ClN2O2/c1-2-4-11-5-3-6-9-7(8)10-12-6/h2-5H2,1H3. The largest absolute Gasteiger partial charge is 0.381 e. The lowest BCUT2D eigenvalue weighted by atomic mass is 10.4. The molecule has 0 spiro atoms. The van der Waals surface area contributed by atoms with E-state index < -0.39 is 0 Å². The lowest BCUT2D eigenvalue weighted by Gasteiger charge is -1.97. The summed E-state index contributed by atoms with van der Waals surface area (Å²) in [5.41, 5.74) is 0. The molecule has 0 bridgehead atoms. The summed E-state index contributed by atoms with van der Waals surface area (Å²) in [5, 5.41) is 3.59. The second-order valence-electron chi connectivity index (χ2n) is 2.32. The van der Waals surface area contributed by atoms with Gasteiger partial charge in [0.15, 0.2) is 0 Å². The summed E-state index contributed by atoms with van der Waals surface area (Å²) in [5.74, 6) is 0.524. The smallest absolute Gasteiger partial charge is 0.263 e. The highest BCUT2D eigenvalue weighted by Crippen LogP contribution is 2.02. The van der Waals surface area contributed by atoms with Crippen LogP contribution >= 0.6 is 11.6 Å². The van der Waals surface area contributed by atoms with Crippen molar-refractivity contribution in [2.75, 3.05) is 13.2 Å². The third kappa shape index (κ3) is 3.19. The molecular weight excluding hydrogens is 180 g/mol. The molecule has 5 heteroatoms. The predicted molar refractivity (Wildman–Crippen MR) is 44.1 cm³/mol. The van der Waals surface area contributed by atoms with Crippen LogP contribution in [0.25, 0.3) is 0 Å². The molecule has 1 heterocycles. The van der Waals surface area contributed by atoms with E-state index in [1.807, 2.05) is 0 Å². The van der Waals surface area contributed by atoms with Crippen molar-refractivity contribution in [1.82, 2.24) is 10.1 Å². The molecule has 0 saturated carbocycles. The Morgan fingerprint density at radius 1 is 1.50 bits per heavy atom. The monoisotopic (exact) mass is 190 g/mol. The Balaban J connectivity index is 2.15. The third-order valence-corrected chi connectivity index (χ3v) is 1.41. The van der Waals surface area contributed by atoms with Crippen LogP contribution in [0.5, 0.6) is 0 Å². The quantitative estimate of drug-likeness (QED) is 0.663. The van der Waals surface area contributed by atoms with E-state index in [0.717, 1.165) is 13.0 Å². The molecule has 0 aromatic carbocycles. The van der Waals surface area contributed by atoms with Gasteiger partial charge in [-0.2, -0.15) is 4.98 Å². The fraction of sp³-hybridized carbons (Fsp3) is 0.714. The molecule has 68 valence electrons. The van der Waals surface area contributed by atoms with Gasteiger partial charge in [0.05, 0.1) is 13.0 Å². The van der Waals surface area contributed by atoms with Gasteiger partial charge in [-0.1, -0.05) is 6.92 Å². The fourth-order valence-corrected chi connectivity index (χ4v) is 0.870. The number of hydrogen-bond donors (Lipinski definition) is 0. The van der Waals surface area contributed by atoms with Crippen molar-refractivity contribution in [2.24, 2.45) is 0 Å². The van der Waals surface area contributed by atoms with E-state index in [1.165, 1.54) is 0 Å². The van der Waals surface area contributed by atoms with Crippen LogP contribution in [0.3, 0.4) is 0 Å². The van der Waals surface area contributed by atoms with Crippen molar-refractivity contribution in [1.29, 1.82) is 0 Å². The summed E-state index contributed by atoms with van der Waals surface area (Å²) >= 11 is 5.44. The molecule has 1 rings (SSSR count). The highest BCUT2D eigenvalue weighted by molar-refractivity contribution is 6.28. The molecule has 0 amide bonds. The van der Waals surface area contributed by atoms with Crippen LogP contribution in [0.1, 0.15) is 19.2 Å². The van der Waals surface area contributed by atoms with E-state index in [0.29, 0.717) is 18.9 Å². The van der Waals surface area contributed by atoms with E-state index in [4.69, 9.17) is 20.9 Å². The molecular formula is C7H11ClN2O2. The van der Waals surface area contributed by atoms with E-state index in [-0.39, 0.29) is 5.28 Å². The first-order valence-electron chi connectivity index (χ1n) is 3.88. The summed E-state index contributed by atoms with van der Waals surface area (Å²) in [7, 11) is 0. The van der Waals surface area contributed by atoms with Crippen LogP contribution in [0.15, 0.2) is 4.52 Å². The average molecular weight is 191 g/mol. The topological polar surface area (TPSA) is 48.2 Å². The van der Waals surface area contributed by atoms with Crippen LogP contribution in [0.4, 0.5) is 0 Å². The minimum Gasteiger partial charge on any atom is -0.381 e. The molecule has 4 nitrogen and oxygen atoms in total. The van der Waals surface area contributed by atoms with Crippen LogP contribution in [-0.4, -0.2) is 23.4 Å². The molecule has 0 atom stereocenters. The van der Waals surface area contributed by atoms with E-state index in [1.54, 1.807) is 0 Å². The molecule has 0 unspecified atom stereocenters. The van der Waals surface area contributed by atoms with Gasteiger partial charge < -0.3 is 9.26 Å². The maximum Gasteiger partial charge on any atom is 0.263 e. The Morgan fingerprint density at radius 2 is 2.33 bits per heavy atom. The van der Waals surface area contributed by atoms with Gasteiger partial charge in [0.25, 0.3) is 5.28 Å². The Kier molecular flexibility index (Phi) is 4.04. The number of aromatic nitrogens is 2. The minimum absolute atomic E-state index is 0.153.